The van der Waals surface area contributed by atoms with E-state index in [0.29, 0.717) is 6.10 Å². The van der Waals surface area contributed by atoms with E-state index in [1.165, 1.54) is 29.5 Å². The van der Waals surface area contributed by atoms with E-state index in [1.54, 1.807) is 0 Å². The minimum atomic E-state index is 0.398. The zero-order valence-electron chi connectivity index (χ0n) is 10.3. The van der Waals surface area contributed by atoms with E-state index in [2.05, 4.69) is 37.4 Å². The number of ether oxygens (including phenoxy) is 1. The van der Waals surface area contributed by atoms with Crippen LogP contribution in [0.4, 0.5) is 0 Å². The summed E-state index contributed by atoms with van der Waals surface area (Å²) in [7, 11) is 0. The van der Waals surface area contributed by atoms with Crippen molar-refractivity contribution in [3.8, 4) is 0 Å². The molecule has 0 radical (unpaired) electrons. The first-order valence-corrected chi connectivity index (χ1v) is 6.14. The molecular weight excluding hydrogens is 198 g/mol. The minimum Gasteiger partial charge on any atom is -0.372 e. The van der Waals surface area contributed by atoms with Gasteiger partial charge in [0.1, 0.15) is 0 Å². The highest BCUT2D eigenvalue weighted by atomic mass is 16.5. The highest BCUT2D eigenvalue weighted by Crippen LogP contribution is 2.13. The van der Waals surface area contributed by atoms with E-state index in [9.17, 15) is 0 Å². The summed E-state index contributed by atoms with van der Waals surface area (Å²) in [5.74, 6) is 0. The molecule has 1 N–H and O–H groups in total. The summed E-state index contributed by atoms with van der Waals surface area (Å²) in [4.78, 5) is 0. The van der Waals surface area contributed by atoms with Crippen LogP contribution < -0.4 is 5.32 Å². The standard InChI is InChI=1S/C14H21NO/c1-11-5-6-13(8-12(11)2)10-16-14-4-3-7-15-9-14/h5-6,8,14-15H,3-4,7,9-10H2,1-2H3/t14-/m0/s1. The van der Waals surface area contributed by atoms with Crippen molar-refractivity contribution in [1.82, 2.24) is 5.32 Å². The van der Waals surface area contributed by atoms with Crippen LogP contribution in [0.3, 0.4) is 0 Å². The van der Waals surface area contributed by atoms with E-state index < -0.39 is 0 Å². The van der Waals surface area contributed by atoms with Gasteiger partial charge in [-0.05, 0) is 49.9 Å². The van der Waals surface area contributed by atoms with Gasteiger partial charge in [-0.3, -0.25) is 0 Å². The fourth-order valence-corrected chi connectivity index (χ4v) is 2.07. The van der Waals surface area contributed by atoms with Crippen LogP contribution in [0.5, 0.6) is 0 Å². The molecule has 1 atom stereocenters. The van der Waals surface area contributed by atoms with Crippen LogP contribution >= 0.6 is 0 Å². The van der Waals surface area contributed by atoms with Crippen LogP contribution in [0.25, 0.3) is 0 Å². The number of hydrogen-bond donors (Lipinski definition) is 1. The van der Waals surface area contributed by atoms with Gasteiger partial charge in [0.2, 0.25) is 0 Å². The van der Waals surface area contributed by atoms with Crippen molar-refractivity contribution < 1.29 is 4.74 Å². The Hall–Kier alpha value is -0.860. The second-order valence-corrected chi connectivity index (χ2v) is 4.70. The molecule has 0 saturated carbocycles. The van der Waals surface area contributed by atoms with Crippen molar-refractivity contribution in [1.29, 1.82) is 0 Å². The predicted octanol–water partition coefficient (Wildman–Crippen LogP) is 2.57. The predicted molar refractivity (Wildman–Crippen MR) is 66.6 cm³/mol. The number of hydrogen-bond acceptors (Lipinski definition) is 2. The molecule has 1 aliphatic heterocycles. The Morgan fingerprint density at radius 3 is 2.88 bits per heavy atom. The van der Waals surface area contributed by atoms with E-state index in [-0.39, 0.29) is 0 Å². The maximum atomic E-state index is 5.90. The molecular formula is C14H21NO. The summed E-state index contributed by atoms with van der Waals surface area (Å²) in [6.45, 7) is 7.19. The average molecular weight is 219 g/mol. The molecule has 1 heterocycles. The van der Waals surface area contributed by atoms with Gasteiger partial charge < -0.3 is 10.1 Å². The summed E-state index contributed by atoms with van der Waals surface area (Å²) in [6.07, 6.45) is 2.82. The third kappa shape index (κ3) is 3.06. The number of nitrogens with one attached hydrogen (secondary N) is 1. The summed E-state index contributed by atoms with van der Waals surface area (Å²) in [5, 5.41) is 3.37. The van der Waals surface area contributed by atoms with E-state index in [0.717, 1.165) is 19.7 Å². The third-order valence-electron chi connectivity index (χ3n) is 3.31. The molecule has 1 saturated heterocycles. The van der Waals surface area contributed by atoms with Crippen LogP contribution in [0, 0.1) is 13.8 Å². The Balaban J connectivity index is 1.86. The molecule has 1 aliphatic rings. The van der Waals surface area contributed by atoms with Gasteiger partial charge in [0.15, 0.2) is 0 Å². The van der Waals surface area contributed by atoms with Crippen molar-refractivity contribution in [2.75, 3.05) is 13.1 Å². The molecule has 1 aromatic rings. The molecule has 0 unspecified atom stereocenters. The molecule has 1 fully saturated rings. The van der Waals surface area contributed by atoms with Crippen LogP contribution in [-0.2, 0) is 11.3 Å². The van der Waals surface area contributed by atoms with Gasteiger partial charge >= 0.3 is 0 Å². The molecule has 0 aromatic heterocycles. The first-order chi connectivity index (χ1) is 7.75. The Labute approximate surface area is 98.0 Å². The molecule has 0 aliphatic carbocycles. The van der Waals surface area contributed by atoms with Crippen molar-refractivity contribution in [3.05, 3.63) is 34.9 Å². The Morgan fingerprint density at radius 2 is 2.19 bits per heavy atom. The van der Waals surface area contributed by atoms with E-state index in [1.807, 2.05) is 0 Å². The van der Waals surface area contributed by atoms with Crippen LogP contribution in [0.1, 0.15) is 29.5 Å². The summed E-state index contributed by atoms with van der Waals surface area (Å²) in [5.41, 5.74) is 3.99. The van der Waals surface area contributed by atoms with Gasteiger partial charge in [-0.1, -0.05) is 18.2 Å². The number of rotatable bonds is 3. The smallest absolute Gasteiger partial charge is 0.0721 e. The van der Waals surface area contributed by atoms with E-state index in [4.69, 9.17) is 4.74 Å². The quantitative estimate of drug-likeness (QED) is 0.843. The Morgan fingerprint density at radius 1 is 1.31 bits per heavy atom. The maximum Gasteiger partial charge on any atom is 0.0721 e. The van der Waals surface area contributed by atoms with Gasteiger partial charge in [0.05, 0.1) is 12.7 Å². The second-order valence-electron chi connectivity index (χ2n) is 4.70. The Bertz CT molecular complexity index is 343. The van der Waals surface area contributed by atoms with Gasteiger partial charge in [-0.15, -0.1) is 0 Å². The molecule has 16 heavy (non-hydrogen) atoms. The molecule has 2 rings (SSSR count). The topological polar surface area (TPSA) is 21.3 Å². The molecule has 2 nitrogen and oxygen atoms in total. The van der Waals surface area contributed by atoms with Crippen LogP contribution in [-0.4, -0.2) is 19.2 Å². The fraction of sp³-hybridized carbons (Fsp3) is 0.571. The lowest BCUT2D eigenvalue weighted by atomic mass is 10.1. The summed E-state index contributed by atoms with van der Waals surface area (Å²) < 4.78 is 5.90. The average Bonchev–Trinajstić information content (AvgIpc) is 2.32. The lowest BCUT2D eigenvalue weighted by Gasteiger charge is -2.23. The summed E-state index contributed by atoms with van der Waals surface area (Å²) >= 11 is 0. The normalized spacial score (nSPS) is 21.0. The molecule has 0 spiro atoms. The zero-order chi connectivity index (χ0) is 11.4. The number of aryl methyl sites for hydroxylation is 2. The van der Waals surface area contributed by atoms with Gasteiger partial charge in [-0.25, -0.2) is 0 Å². The van der Waals surface area contributed by atoms with Crippen molar-refractivity contribution in [3.63, 3.8) is 0 Å². The lowest BCUT2D eigenvalue weighted by Crippen LogP contribution is -2.35. The minimum absolute atomic E-state index is 0.398. The SMILES string of the molecule is Cc1ccc(CO[C@H]2CCCNC2)cc1C. The first-order valence-electron chi connectivity index (χ1n) is 6.14. The second kappa shape index (κ2) is 5.46. The van der Waals surface area contributed by atoms with E-state index >= 15 is 0 Å². The molecule has 0 bridgehead atoms. The van der Waals surface area contributed by atoms with Gasteiger partial charge in [0, 0.05) is 6.54 Å². The zero-order valence-corrected chi connectivity index (χ0v) is 10.3. The molecule has 1 aromatic carbocycles. The third-order valence-corrected chi connectivity index (χ3v) is 3.31. The largest absolute Gasteiger partial charge is 0.372 e. The Kier molecular flexibility index (Phi) is 3.97. The van der Waals surface area contributed by atoms with Crippen molar-refractivity contribution in [2.45, 2.75) is 39.4 Å². The highest BCUT2D eigenvalue weighted by molar-refractivity contribution is 5.29. The van der Waals surface area contributed by atoms with Gasteiger partial charge in [0.25, 0.3) is 0 Å². The summed E-state index contributed by atoms with van der Waals surface area (Å²) in [6, 6.07) is 6.57. The molecule has 0 amide bonds. The van der Waals surface area contributed by atoms with Crippen molar-refractivity contribution in [2.24, 2.45) is 0 Å². The molecule has 88 valence electrons. The van der Waals surface area contributed by atoms with Crippen LogP contribution in [0.2, 0.25) is 0 Å². The number of piperidine rings is 1. The van der Waals surface area contributed by atoms with Crippen molar-refractivity contribution >= 4 is 0 Å². The first kappa shape index (κ1) is 11.6. The lowest BCUT2D eigenvalue weighted by molar-refractivity contribution is 0.0253. The van der Waals surface area contributed by atoms with Gasteiger partial charge in [-0.2, -0.15) is 0 Å². The number of benzene rings is 1. The fourth-order valence-electron chi connectivity index (χ4n) is 2.07. The highest BCUT2D eigenvalue weighted by Gasteiger charge is 2.12. The molecule has 2 heteroatoms. The monoisotopic (exact) mass is 219 g/mol. The van der Waals surface area contributed by atoms with Crippen LogP contribution in [0.15, 0.2) is 18.2 Å². The maximum absolute atomic E-state index is 5.90.